The third kappa shape index (κ3) is 1.45. The number of aromatic nitrogens is 1. The summed E-state index contributed by atoms with van der Waals surface area (Å²) in [4.78, 5) is 3.83. The number of hydrogen-bond acceptors (Lipinski definition) is 2. The molecular formula is C6H7BN2. The van der Waals surface area contributed by atoms with E-state index >= 15 is 0 Å². The Balaban J connectivity index is 2.94. The SMILES string of the molecule is [B]c1cc(NC)ccn1. The maximum atomic E-state index is 5.38. The van der Waals surface area contributed by atoms with Gasteiger partial charge in [-0.15, -0.1) is 0 Å². The fourth-order valence-electron chi connectivity index (χ4n) is 0.604. The number of anilines is 1. The van der Waals surface area contributed by atoms with Crippen molar-refractivity contribution >= 4 is 19.1 Å². The van der Waals surface area contributed by atoms with Gasteiger partial charge in [-0.2, -0.15) is 0 Å². The zero-order valence-electron chi connectivity index (χ0n) is 5.26. The molecule has 1 heterocycles. The lowest BCUT2D eigenvalue weighted by atomic mass is 10.0. The van der Waals surface area contributed by atoms with Gasteiger partial charge in [-0.25, -0.2) is 0 Å². The van der Waals surface area contributed by atoms with Crippen LogP contribution < -0.4 is 10.9 Å². The highest BCUT2D eigenvalue weighted by atomic mass is 14.8. The van der Waals surface area contributed by atoms with E-state index in [9.17, 15) is 0 Å². The predicted molar refractivity (Wildman–Crippen MR) is 39.2 cm³/mol. The molecule has 0 fully saturated rings. The third-order valence-electron chi connectivity index (χ3n) is 1.07. The van der Waals surface area contributed by atoms with Gasteiger partial charge in [0.1, 0.15) is 7.85 Å². The van der Waals surface area contributed by atoms with Crippen LogP contribution in [-0.4, -0.2) is 19.9 Å². The van der Waals surface area contributed by atoms with Crippen LogP contribution in [0.4, 0.5) is 5.69 Å². The second-order valence-electron chi connectivity index (χ2n) is 1.72. The maximum absolute atomic E-state index is 5.38. The van der Waals surface area contributed by atoms with E-state index in [1.165, 1.54) is 0 Å². The molecule has 9 heavy (non-hydrogen) atoms. The van der Waals surface area contributed by atoms with Crippen LogP contribution in [0, 0.1) is 0 Å². The van der Waals surface area contributed by atoms with Gasteiger partial charge in [-0.05, 0) is 17.7 Å². The number of nitrogens with one attached hydrogen (secondary N) is 1. The Morgan fingerprint density at radius 3 is 2.89 bits per heavy atom. The van der Waals surface area contributed by atoms with E-state index in [-0.39, 0.29) is 0 Å². The number of nitrogens with zero attached hydrogens (tertiary/aromatic N) is 1. The molecule has 0 aliphatic heterocycles. The molecule has 0 saturated heterocycles. The van der Waals surface area contributed by atoms with E-state index in [0.717, 1.165) is 5.69 Å². The zero-order valence-corrected chi connectivity index (χ0v) is 5.26. The zero-order chi connectivity index (χ0) is 6.69. The number of pyridine rings is 1. The first-order valence-corrected chi connectivity index (χ1v) is 2.72. The van der Waals surface area contributed by atoms with Gasteiger partial charge in [-0.1, -0.05) is 0 Å². The van der Waals surface area contributed by atoms with Crippen molar-refractivity contribution in [2.75, 3.05) is 12.4 Å². The molecule has 0 aliphatic rings. The summed E-state index contributed by atoms with van der Waals surface area (Å²) in [5, 5.41) is 2.95. The molecule has 0 unspecified atom stereocenters. The summed E-state index contributed by atoms with van der Waals surface area (Å²) >= 11 is 0. The van der Waals surface area contributed by atoms with Crippen molar-refractivity contribution in [3.8, 4) is 0 Å². The van der Waals surface area contributed by atoms with Crippen LogP contribution >= 0.6 is 0 Å². The van der Waals surface area contributed by atoms with Gasteiger partial charge in [0.2, 0.25) is 0 Å². The molecule has 1 aromatic rings. The van der Waals surface area contributed by atoms with Crippen LogP contribution in [0.15, 0.2) is 18.3 Å². The van der Waals surface area contributed by atoms with Gasteiger partial charge in [0, 0.05) is 18.9 Å². The van der Waals surface area contributed by atoms with Crippen LogP contribution in [0.2, 0.25) is 0 Å². The first-order chi connectivity index (χ1) is 4.33. The van der Waals surface area contributed by atoms with Crippen molar-refractivity contribution in [1.29, 1.82) is 0 Å². The van der Waals surface area contributed by atoms with Crippen molar-refractivity contribution in [2.24, 2.45) is 0 Å². The first kappa shape index (κ1) is 6.14. The molecule has 44 valence electrons. The molecule has 1 N–H and O–H groups in total. The Morgan fingerprint density at radius 1 is 1.67 bits per heavy atom. The predicted octanol–water partition coefficient (Wildman–Crippen LogP) is -0.0829. The van der Waals surface area contributed by atoms with Crippen LogP contribution in [0.3, 0.4) is 0 Å². The minimum atomic E-state index is 0.543. The van der Waals surface area contributed by atoms with E-state index in [2.05, 4.69) is 10.3 Å². The lowest BCUT2D eigenvalue weighted by Gasteiger charge is -1.97. The van der Waals surface area contributed by atoms with Crippen molar-refractivity contribution < 1.29 is 0 Å². The largest absolute Gasteiger partial charge is 0.388 e. The summed E-state index contributed by atoms with van der Waals surface area (Å²) in [6, 6.07) is 3.64. The molecule has 3 heteroatoms. The fourth-order valence-corrected chi connectivity index (χ4v) is 0.604. The molecule has 0 aromatic carbocycles. The minimum absolute atomic E-state index is 0.543. The van der Waals surface area contributed by atoms with Crippen LogP contribution in [-0.2, 0) is 0 Å². The highest BCUT2D eigenvalue weighted by Crippen LogP contribution is 1.97. The smallest absolute Gasteiger partial charge is 0.141 e. The van der Waals surface area contributed by atoms with Crippen molar-refractivity contribution in [3.05, 3.63) is 18.3 Å². The number of rotatable bonds is 1. The Bertz CT molecular complexity index is 200. The highest BCUT2D eigenvalue weighted by Gasteiger charge is 1.85. The summed E-state index contributed by atoms with van der Waals surface area (Å²) in [7, 11) is 7.23. The van der Waals surface area contributed by atoms with Crippen molar-refractivity contribution in [2.45, 2.75) is 0 Å². The quantitative estimate of drug-likeness (QED) is 0.521. The second-order valence-corrected chi connectivity index (χ2v) is 1.72. The van der Waals surface area contributed by atoms with E-state index in [0.29, 0.717) is 5.59 Å². The van der Waals surface area contributed by atoms with Gasteiger partial charge >= 0.3 is 0 Å². The van der Waals surface area contributed by atoms with Crippen molar-refractivity contribution in [3.63, 3.8) is 0 Å². The van der Waals surface area contributed by atoms with E-state index < -0.39 is 0 Å². The second kappa shape index (κ2) is 2.53. The Kier molecular flexibility index (Phi) is 1.73. The molecule has 0 aliphatic carbocycles. The third-order valence-corrected chi connectivity index (χ3v) is 1.07. The Morgan fingerprint density at radius 2 is 2.44 bits per heavy atom. The average molecular weight is 118 g/mol. The van der Waals surface area contributed by atoms with Crippen LogP contribution in [0.5, 0.6) is 0 Å². The normalized spacial score (nSPS) is 9.00. The van der Waals surface area contributed by atoms with Gasteiger partial charge in [0.05, 0.1) is 0 Å². The van der Waals surface area contributed by atoms with Gasteiger partial charge in [0.25, 0.3) is 0 Å². The lowest BCUT2D eigenvalue weighted by molar-refractivity contribution is 1.37. The molecule has 0 atom stereocenters. The van der Waals surface area contributed by atoms with Crippen LogP contribution in [0.1, 0.15) is 0 Å². The minimum Gasteiger partial charge on any atom is -0.388 e. The fraction of sp³-hybridized carbons (Fsp3) is 0.167. The molecule has 2 radical (unpaired) electrons. The first-order valence-electron chi connectivity index (χ1n) is 2.72. The Hall–Kier alpha value is -0.985. The number of hydrogen-bond donors (Lipinski definition) is 1. The molecule has 2 nitrogen and oxygen atoms in total. The van der Waals surface area contributed by atoms with E-state index in [4.69, 9.17) is 7.85 Å². The Labute approximate surface area is 55.7 Å². The summed E-state index contributed by atoms with van der Waals surface area (Å²) in [5.74, 6) is 0. The average Bonchev–Trinajstić information content (AvgIpc) is 1.88. The summed E-state index contributed by atoms with van der Waals surface area (Å²) < 4.78 is 0. The molecule has 0 amide bonds. The van der Waals surface area contributed by atoms with Gasteiger partial charge in [-0.3, -0.25) is 4.98 Å². The molecule has 1 aromatic heterocycles. The van der Waals surface area contributed by atoms with Gasteiger partial charge < -0.3 is 5.32 Å². The molecule has 0 bridgehead atoms. The topological polar surface area (TPSA) is 24.9 Å². The summed E-state index contributed by atoms with van der Waals surface area (Å²) in [6.45, 7) is 0. The van der Waals surface area contributed by atoms with E-state index in [1.807, 2.05) is 13.1 Å². The maximum Gasteiger partial charge on any atom is 0.141 e. The van der Waals surface area contributed by atoms with Crippen LogP contribution in [0.25, 0.3) is 0 Å². The van der Waals surface area contributed by atoms with Gasteiger partial charge in [0.15, 0.2) is 0 Å². The molecule has 1 rings (SSSR count). The molecular weight excluding hydrogens is 111 g/mol. The molecule has 0 spiro atoms. The van der Waals surface area contributed by atoms with Crippen molar-refractivity contribution in [1.82, 2.24) is 4.98 Å². The monoisotopic (exact) mass is 118 g/mol. The standard InChI is InChI=1S/C6H7BN2/c1-8-5-2-3-9-6(7)4-5/h2-4H,1H3,(H,8,9). The molecule has 0 saturated carbocycles. The summed E-state index contributed by atoms with van der Waals surface area (Å²) in [6.07, 6.45) is 1.67. The lowest BCUT2D eigenvalue weighted by Crippen LogP contribution is -2.07. The highest BCUT2D eigenvalue weighted by molar-refractivity contribution is 6.30. The van der Waals surface area contributed by atoms with E-state index in [1.54, 1.807) is 12.3 Å². The summed E-state index contributed by atoms with van der Waals surface area (Å²) in [5.41, 5.74) is 1.53.